The molecule has 0 unspecified atom stereocenters. The zero-order chi connectivity index (χ0) is 17.8. The molecule has 22 heavy (non-hydrogen) atoms. The van der Waals surface area contributed by atoms with Crippen molar-refractivity contribution in [3.63, 3.8) is 0 Å². The van der Waals surface area contributed by atoms with Gasteiger partial charge in [-0.15, -0.1) is 0 Å². The van der Waals surface area contributed by atoms with Crippen molar-refractivity contribution in [3.05, 3.63) is 35.9 Å². The van der Waals surface area contributed by atoms with Crippen LogP contribution in [-0.4, -0.2) is 66.8 Å². The van der Waals surface area contributed by atoms with E-state index >= 15 is 0 Å². The van der Waals surface area contributed by atoms with Gasteiger partial charge in [-0.1, -0.05) is 6.92 Å². The van der Waals surface area contributed by atoms with E-state index in [9.17, 15) is 0 Å². The van der Waals surface area contributed by atoms with E-state index in [2.05, 4.69) is 72.8 Å². The SMILES string of the molecule is C[PH+](C)C.C[PH+](C)C.C[PH+](C)C.Cc1[c-]cccc1.[CH-]=O.[Co+2]. The minimum atomic E-state index is 0. The Hall–Kier alpha value is 0.686. The molecule has 0 saturated heterocycles. The summed E-state index contributed by atoms with van der Waals surface area (Å²) in [5.41, 5.74) is 1.20. The molecule has 0 aromatic heterocycles. The van der Waals surface area contributed by atoms with E-state index in [4.69, 9.17) is 4.79 Å². The van der Waals surface area contributed by atoms with Crippen LogP contribution in [0, 0.1) is 13.0 Å². The summed E-state index contributed by atoms with van der Waals surface area (Å²) in [5.74, 6) is 0. The summed E-state index contributed by atoms with van der Waals surface area (Å²) in [6.07, 6.45) is 0. The van der Waals surface area contributed by atoms with Crippen LogP contribution < -0.4 is 0 Å². The smallest absolute Gasteiger partial charge is 0.545 e. The van der Waals surface area contributed by atoms with Crippen molar-refractivity contribution in [2.75, 3.05) is 60.0 Å². The quantitative estimate of drug-likeness (QED) is 0.342. The van der Waals surface area contributed by atoms with E-state index in [0.29, 0.717) is 0 Å². The van der Waals surface area contributed by atoms with Crippen LogP contribution in [0.4, 0.5) is 0 Å². The molecular weight excluding hydrogens is 372 g/mol. The van der Waals surface area contributed by atoms with Gasteiger partial charge in [0.25, 0.3) is 0 Å². The molecule has 0 aliphatic carbocycles. The van der Waals surface area contributed by atoms with Gasteiger partial charge in [0.15, 0.2) is 0 Å². The molecule has 0 N–H and O–H groups in total. The minimum absolute atomic E-state index is 0. The summed E-state index contributed by atoms with van der Waals surface area (Å²) >= 11 is 0. The predicted octanol–water partition coefficient (Wildman–Crippen LogP) is 4.79. The van der Waals surface area contributed by atoms with Crippen LogP contribution in [0.25, 0.3) is 0 Å². The van der Waals surface area contributed by atoms with Crippen LogP contribution in [0.3, 0.4) is 0 Å². The second-order valence-electron chi connectivity index (χ2n) is 6.05. The Kier molecular flexibility index (Phi) is 46.0. The maximum absolute atomic E-state index is 7.75. The first-order valence-electron chi connectivity index (χ1n) is 7.06. The maximum Gasteiger partial charge on any atom is 2.00 e. The topological polar surface area (TPSA) is 17.1 Å². The van der Waals surface area contributed by atoms with E-state index < -0.39 is 0 Å². The third kappa shape index (κ3) is 106. The van der Waals surface area contributed by atoms with E-state index in [1.165, 1.54) is 5.56 Å². The van der Waals surface area contributed by atoms with E-state index in [1.807, 2.05) is 31.2 Å². The molecule has 0 bridgehead atoms. The van der Waals surface area contributed by atoms with Gasteiger partial charge < -0.3 is 4.79 Å². The Morgan fingerprint density at radius 2 is 1.05 bits per heavy atom. The molecule has 0 amide bonds. The maximum atomic E-state index is 7.75. The third-order valence-corrected chi connectivity index (χ3v) is 0.865. The average Bonchev–Trinajstić information content (AvgIpc) is 2.30. The van der Waals surface area contributed by atoms with Crippen LogP contribution in [-0.2, 0) is 21.6 Å². The Morgan fingerprint density at radius 3 is 1.14 bits per heavy atom. The molecule has 0 saturated carbocycles. The van der Waals surface area contributed by atoms with Crippen LogP contribution >= 0.6 is 23.8 Å². The molecule has 0 spiro atoms. The number of hydrogen-bond donors (Lipinski definition) is 0. The number of carbonyl (C=O) groups excluding carboxylic acids is 1. The molecule has 1 nitrogen and oxygen atoms in total. The van der Waals surface area contributed by atoms with E-state index in [0.717, 1.165) is 0 Å². The largest absolute Gasteiger partial charge is 2.00 e. The van der Waals surface area contributed by atoms with E-state index in [-0.39, 0.29) is 40.5 Å². The van der Waals surface area contributed by atoms with Gasteiger partial charge in [-0.3, -0.25) is 6.79 Å². The molecule has 0 fully saturated rings. The molecule has 5 heteroatoms. The van der Waals surface area contributed by atoms with Gasteiger partial charge in [-0.25, -0.2) is 0 Å². The second kappa shape index (κ2) is 29.7. The zero-order valence-corrected chi connectivity index (χ0v) is 20.2. The Labute approximate surface area is 154 Å². The number of aryl methyl sites for hydroxylation is 1. The number of benzene rings is 1. The summed E-state index contributed by atoms with van der Waals surface area (Å²) in [7, 11) is 0.361. The van der Waals surface area contributed by atoms with Crippen molar-refractivity contribution in [2.24, 2.45) is 0 Å². The first kappa shape index (κ1) is 34.1. The Bertz CT molecular complexity index is 245. The van der Waals surface area contributed by atoms with Gasteiger partial charge >= 0.3 is 16.8 Å². The molecule has 1 aromatic rings. The van der Waals surface area contributed by atoms with Crippen molar-refractivity contribution >= 4 is 30.6 Å². The van der Waals surface area contributed by atoms with Crippen molar-refractivity contribution in [2.45, 2.75) is 6.92 Å². The fraction of sp³-hybridized carbons (Fsp3) is 0.588. The van der Waals surface area contributed by atoms with Crippen LogP contribution in [0.15, 0.2) is 24.3 Å². The van der Waals surface area contributed by atoms with Crippen LogP contribution in [0.1, 0.15) is 5.56 Å². The standard InChI is InChI=1S/C7H7.3C3H9P.CHO.Co/c1-7-5-3-2-4-6-7;3*1-4(2)3;1-2;/h2-5H,1H3;3*1-3H3;1H;/q-1;;;;-1;+2/p+3. The summed E-state index contributed by atoms with van der Waals surface area (Å²) in [6, 6.07) is 10.9. The van der Waals surface area contributed by atoms with Gasteiger partial charge in [0, 0.05) is 60.0 Å². The molecule has 1 aromatic carbocycles. The normalized spacial score (nSPS) is 7.86. The number of hydrogen-bond acceptors (Lipinski definition) is 1. The summed E-state index contributed by atoms with van der Waals surface area (Å²) in [4.78, 5) is 7.75. The van der Waals surface area contributed by atoms with Gasteiger partial charge in [0.05, 0.1) is 0 Å². The second-order valence-corrected chi connectivity index (χ2v) is 15.0. The molecule has 133 valence electrons. The molecule has 0 aliphatic rings. The van der Waals surface area contributed by atoms with Gasteiger partial charge in [-0.05, 0) is 23.8 Å². The Morgan fingerprint density at radius 1 is 0.773 bits per heavy atom. The molecular formula is C17H38CoOP3+3. The van der Waals surface area contributed by atoms with Gasteiger partial charge in [-0.2, -0.15) is 35.9 Å². The molecule has 1 radical (unpaired) electrons. The van der Waals surface area contributed by atoms with Crippen molar-refractivity contribution < 1.29 is 21.6 Å². The van der Waals surface area contributed by atoms with Gasteiger partial charge in [0.1, 0.15) is 0 Å². The monoisotopic (exact) mass is 410 g/mol. The zero-order valence-electron chi connectivity index (χ0n) is 16.1. The fourth-order valence-electron chi connectivity index (χ4n) is 0.483. The fourth-order valence-corrected chi connectivity index (χ4v) is 0.483. The minimum Gasteiger partial charge on any atom is -0.545 e. The summed E-state index contributed by atoms with van der Waals surface area (Å²) in [5, 5.41) is 0. The third-order valence-electron chi connectivity index (χ3n) is 0.865. The molecule has 1 rings (SSSR count). The summed E-state index contributed by atoms with van der Waals surface area (Å²) in [6.45, 7) is 25.7. The molecule has 0 atom stereocenters. The number of rotatable bonds is 0. The van der Waals surface area contributed by atoms with Crippen LogP contribution in [0.5, 0.6) is 0 Å². The van der Waals surface area contributed by atoms with Crippen molar-refractivity contribution in [1.29, 1.82) is 0 Å². The van der Waals surface area contributed by atoms with Crippen molar-refractivity contribution in [1.82, 2.24) is 0 Å². The first-order valence-corrected chi connectivity index (χ1v) is 16.1. The van der Waals surface area contributed by atoms with Crippen LogP contribution in [0.2, 0.25) is 0 Å². The average molecular weight is 410 g/mol. The predicted molar refractivity (Wildman–Crippen MR) is 115 cm³/mol. The summed E-state index contributed by atoms with van der Waals surface area (Å²) < 4.78 is 0. The van der Waals surface area contributed by atoms with E-state index in [1.54, 1.807) is 0 Å². The molecule has 0 heterocycles. The van der Waals surface area contributed by atoms with Crippen molar-refractivity contribution in [3.8, 4) is 0 Å². The Balaban J connectivity index is -0.0000000576. The first-order chi connectivity index (χ1) is 9.59. The van der Waals surface area contributed by atoms with Gasteiger partial charge in [0.2, 0.25) is 0 Å². The molecule has 0 aliphatic heterocycles.